The van der Waals surface area contributed by atoms with E-state index in [-0.39, 0.29) is 12.8 Å². The van der Waals surface area contributed by atoms with E-state index in [2.05, 4.69) is 5.32 Å². The van der Waals surface area contributed by atoms with E-state index in [1.54, 1.807) is 0 Å². The summed E-state index contributed by atoms with van der Waals surface area (Å²) in [4.78, 5) is 31.7. The Morgan fingerprint density at radius 1 is 1.23 bits per heavy atom. The topological polar surface area (TPSA) is 115 Å². The van der Waals surface area contributed by atoms with Crippen molar-refractivity contribution in [2.24, 2.45) is 11.5 Å². The molecule has 6 heteroatoms. The van der Waals surface area contributed by atoms with Crippen LogP contribution in [-0.2, 0) is 14.4 Å². The van der Waals surface area contributed by atoms with Crippen LogP contribution in [0.1, 0.15) is 19.8 Å². The van der Waals surface area contributed by atoms with Crippen molar-refractivity contribution in [2.45, 2.75) is 25.8 Å². The smallest absolute Gasteiger partial charge is 0.239 e. The van der Waals surface area contributed by atoms with Gasteiger partial charge in [0.2, 0.25) is 17.7 Å². The third-order valence-electron chi connectivity index (χ3n) is 1.40. The second kappa shape index (κ2) is 5.13. The van der Waals surface area contributed by atoms with Gasteiger partial charge in [-0.3, -0.25) is 14.4 Å². The minimum absolute atomic E-state index is 0.0209. The Balaban J connectivity index is 3.74. The Morgan fingerprint density at radius 2 is 1.77 bits per heavy atom. The molecule has 0 aromatic rings. The van der Waals surface area contributed by atoms with Gasteiger partial charge in [0.1, 0.15) is 6.04 Å². The van der Waals surface area contributed by atoms with Crippen molar-refractivity contribution in [3.63, 3.8) is 0 Å². The van der Waals surface area contributed by atoms with E-state index < -0.39 is 23.8 Å². The van der Waals surface area contributed by atoms with E-state index >= 15 is 0 Å². The maximum absolute atomic E-state index is 10.9. The minimum Gasteiger partial charge on any atom is -0.370 e. The summed E-state index contributed by atoms with van der Waals surface area (Å²) in [6.45, 7) is 1.46. The molecule has 3 amide bonds. The van der Waals surface area contributed by atoms with Gasteiger partial charge in [0, 0.05) is 12.8 Å². The quantitative estimate of drug-likeness (QED) is 0.473. The van der Waals surface area contributed by atoms with Crippen LogP contribution in [0.4, 0.5) is 0 Å². The monoisotopic (exact) mass is 187 g/mol. The van der Waals surface area contributed by atoms with E-state index in [4.69, 9.17) is 11.5 Å². The molecule has 0 heterocycles. The predicted molar refractivity (Wildman–Crippen MR) is 45.2 cm³/mol. The van der Waals surface area contributed by atoms with Crippen LogP contribution >= 0.6 is 0 Å². The number of hydrogen-bond acceptors (Lipinski definition) is 3. The molecule has 74 valence electrons. The van der Waals surface area contributed by atoms with Gasteiger partial charge < -0.3 is 16.8 Å². The Labute approximate surface area is 75.6 Å². The van der Waals surface area contributed by atoms with E-state index in [0.29, 0.717) is 0 Å². The number of amides is 3. The van der Waals surface area contributed by atoms with Crippen LogP contribution in [0.5, 0.6) is 0 Å². The molecule has 13 heavy (non-hydrogen) atoms. The van der Waals surface area contributed by atoms with Gasteiger partial charge in [0.05, 0.1) is 0 Å². The average Bonchev–Trinajstić information content (AvgIpc) is 2.00. The molecule has 0 aromatic heterocycles. The van der Waals surface area contributed by atoms with Crippen LogP contribution < -0.4 is 16.8 Å². The molecule has 1 atom stereocenters. The summed E-state index contributed by atoms with van der Waals surface area (Å²) in [6.07, 6.45) is -0.0513. The molecule has 0 aliphatic rings. The fourth-order valence-electron chi connectivity index (χ4n) is 0.622. The number of carbonyl (C=O) groups is 3. The lowest BCUT2D eigenvalue weighted by Crippen LogP contribution is -2.42. The number of nitrogens with one attached hydrogen (secondary N) is 1. The molecule has 0 bridgehead atoms. The zero-order valence-corrected chi connectivity index (χ0v) is 7.37. The Kier molecular flexibility index (Phi) is 4.50. The van der Waals surface area contributed by atoms with Crippen molar-refractivity contribution in [1.29, 1.82) is 0 Å². The zero-order valence-electron chi connectivity index (χ0n) is 7.37. The van der Waals surface area contributed by atoms with Crippen LogP contribution in [0, 0.1) is 0 Å². The van der Waals surface area contributed by atoms with E-state index in [0.717, 1.165) is 0 Å². The second-order valence-electron chi connectivity index (χ2n) is 2.66. The van der Waals surface area contributed by atoms with Gasteiger partial charge in [-0.05, 0) is 6.92 Å². The van der Waals surface area contributed by atoms with Crippen molar-refractivity contribution in [3.8, 4) is 0 Å². The molecular formula is C7H13N3O3. The molecule has 0 fully saturated rings. The van der Waals surface area contributed by atoms with Crippen molar-refractivity contribution in [2.75, 3.05) is 0 Å². The molecule has 0 spiro atoms. The van der Waals surface area contributed by atoms with Gasteiger partial charge in [0.15, 0.2) is 0 Å². The standard InChI is InChI=1S/C7H13N3O3/c1-4(7(9)13)10-6(12)3-2-5(8)11/h4H,2-3H2,1H3,(H2,8,11)(H2,9,13)(H,10,12)/t4-/m0/s1. The molecule has 0 aliphatic heterocycles. The van der Waals surface area contributed by atoms with Crippen LogP contribution in [0.2, 0.25) is 0 Å². The molecular weight excluding hydrogens is 174 g/mol. The first-order valence-corrected chi connectivity index (χ1v) is 3.80. The highest BCUT2D eigenvalue weighted by Gasteiger charge is 2.12. The second-order valence-corrected chi connectivity index (χ2v) is 2.66. The molecule has 0 unspecified atom stereocenters. The third-order valence-corrected chi connectivity index (χ3v) is 1.40. The highest BCUT2D eigenvalue weighted by Crippen LogP contribution is 1.89. The SMILES string of the molecule is C[C@H](NC(=O)CCC(N)=O)C(N)=O. The lowest BCUT2D eigenvalue weighted by Gasteiger charge is -2.08. The lowest BCUT2D eigenvalue weighted by molar-refractivity contribution is -0.128. The fraction of sp³-hybridized carbons (Fsp3) is 0.571. The number of carbonyl (C=O) groups excluding carboxylic acids is 3. The lowest BCUT2D eigenvalue weighted by atomic mass is 10.2. The summed E-state index contributed by atoms with van der Waals surface area (Å²) < 4.78 is 0. The van der Waals surface area contributed by atoms with Crippen molar-refractivity contribution in [1.82, 2.24) is 5.32 Å². The molecule has 0 saturated carbocycles. The van der Waals surface area contributed by atoms with Gasteiger partial charge in [-0.1, -0.05) is 0 Å². The summed E-state index contributed by atoms with van der Waals surface area (Å²) in [5.41, 5.74) is 9.72. The third kappa shape index (κ3) is 5.66. The van der Waals surface area contributed by atoms with Gasteiger partial charge in [-0.25, -0.2) is 0 Å². The Morgan fingerprint density at radius 3 is 2.15 bits per heavy atom. The molecule has 0 saturated heterocycles. The van der Waals surface area contributed by atoms with E-state index in [9.17, 15) is 14.4 Å². The maximum Gasteiger partial charge on any atom is 0.239 e. The van der Waals surface area contributed by atoms with Gasteiger partial charge in [-0.15, -0.1) is 0 Å². The zero-order chi connectivity index (χ0) is 10.4. The molecule has 5 N–H and O–H groups in total. The van der Waals surface area contributed by atoms with Crippen molar-refractivity contribution in [3.05, 3.63) is 0 Å². The fourth-order valence-corrected chi connectivity index (χ4v) is 0.622. The summed E-state index contributed by atoms with van der Waals surface area (Å²) >= 11 is 0. The van der Waals surface area contributed by atoms with E-state index in [1.807, 2.05) is 0 Å². The summed E-state index contributed by atoms with van der Waals surface area (Å²) in [5, 5.41) is 2.31. The van der Waals surface area contributed by atoms with E-state index in [1.165, 1.54) is 6.92 Å². The van der Waals surface area contributed by atoms with Crippen molar-refractivity contribution < 1.29 is 14.4 Å². The number of rotatable bonds is 5. The number of primary amides is 2. The summed E-state index contributed by atoms with van der Waals surface area (Å²) in [7, 11) is 0. The first-order chi connectivity index (χ1) is 5.93. The molecule has 6 nitrogen and oxygen atoms in total. The van der Waals surface area contributed by atoms with Crippen LogP contribution in [0.25, 0.3) is 0 Å². The van der Waals surface area contributed by atoms with Gasteiger partial charge >= 0.3 is 0 Å². The van der Waals surface area contributed by atoms with Crippen LogP contribution in [0.3, 0.4) is 0 Å². The number of hydrogen-bond donors (Lipinski definition) is 3. The predicted octanol–water partition coefficient (Wildman–Crippen LogP) is -1.76. The average molecular weight is 187 g/mol. The normalized spacial score (nSPS) is 11.8. The molecule has 0 rings (SSSR count). The first kappa shape index (κ1) is 11.4. The number of nitrogens with two attached hydrogens (primary N) is 2. The molecule has 0 aliphatic carbocycles. The highest BCUT2D eigenvalue weighted by atomic mass is 16.2. The molecule has 0 aromatic carbocycles. The largest absolute Gasteiger partial charge is 0.370 e. The van der Waals surface area contributed by atoms with Gasteiger partial charge in [0.25, 0.3) is 0 Å². The Bertz CT molecular complexity index is 227. The van der Waals surface area contributed by atoms with Crippen molar-refractivity contribution >= 4 is 17.7 Å². The summed E-state index contributed by atoms with van der Waals surface area (Å²) in [6, 6.07) is -0.722. The van der Waals surface area contributed by atoms with Crippen LogP contribution in [-0.4, -0.2) is 23.8 Å². The first-order valence-electron chi connectivity index (χ1n) is 3.80. The maximum atomic E-state index is 10.9. The Hall–Kier alpha value is -1.59. The minimum atomic E-state index is -0.722. The van der Waals surface area contributed by atoms with Crippen LogP contribution in [0.15, 0.2) is 0 Å². The van der Waals surface area contributed by atoms with Gasteiger partial charge in [-0.2, -0.15) is 0 Å². The summed E-state index contributed by atoms with van der Waals surface area (Å²) in [5.74, 6) is -1.58. The highest BCUT2D eigenvalue weighted by molar-refractivity contribution is 5.88. The molecule has 0 radical (unpaired) electrons.